The van der Waals surface area contributed by atoms with Gasteiger partial charge in [0.15, 0.2) is 5.17 Å². The molecule has 6 nitrogen and oxygen atoms in total. The maximum Gasteiger partial charge on any atom is 0.233 e. The van der Waals surface area contributed by atoms with Crippen LogP contribution in [-0.2, 0) is 9.53 Å². The van der Waals surface area contributed by atoms with Crippen molar-refractivity contribution in [1.29, 1.82) is 0 Å². The number of piperazine rings is 1. The van der Waals surface area contributed by atoms with E-state index in [1.807, 2.05) is 35.2 Å². The Morgan fingerprint density at radius 1 is 1.04 bits per heavy atom. The number of thioether (sulfide) groups is 1. The Morgan fingerprint density at radius 2 is 1.72 bits per heavy atom. The Morgan fingerprint density at radius 3 is 2.40 bits per heavy atom. The van der Waals surface area contributed by atoms with Crippen molar-refractivity contribution in [2.24, 2.45) is 4.99 Å². The van der Waals surface area contributed by atoms with Crippen molar-refractivity contribution in [2.45, 2.75) is 0 Å². The van der Waals surface area contributed by atoms with E-state index in [0.717, 1.165) is 37.0 Å². The summed E-state index contributed by atoms with van der Waals surface area (Å²) in [6.07, 6.45) is 0. The standard InChI is InChI=1S/C18H26N4O2S/c1-20-7-9-22(10-8-20)18(19-16-5-3-2-4-6-16)25-15-17(23)21-11-13-24-14-12-21/h2-6H,7-15H2,1H3. The van der Waals surface area contributed by atoms with Crippen LogP contribution in [0.25, 0.3) is 0 Å². The highest BCUT2D eigenvalue weighted by atomic mass is 32.2. The zero-order valence-electron chi connectivity index (χ0n) is 14.8. The number of para-hydroxylation sites is 1. The molecule has 0 radical (unpaired) electrons. The number of rotatable bonds is 3. The van der Waals surface area contributed by atoms with Gasteiger partial charge >= 0.3 is 0 Å². The van der Waals surface area contributed by atoms with Crippen molar-refractivity contribution < 1.29 is 9.53 Å². The summed E-state index contributed by atoms with van der Waals surface area (Å²) < 4.78 is 5.32. The third kappa shape index (κ3) is 5.45. The minimum atomic E-state index is 0.170. The Hall–Kier alpha value is -1.57. The van der Waals surface area contributed by atoms with Gasteiger partial charge in [-0.05, 0) is 19.2 Å². The fourth-order valence-electron chi connectivity index (χ4n) is 2.84. The van der Waals surface area contributed by atoms with Gasteiger partial charge in [-0.15, -0.1) is 0 Å². The maximum atomic E-state index is 12.5. The molecular weight excluding hydrogens is 336 g/mol. The molecule has 2 aliphatic rings. The van der Waals surface area contributed by atoms with Crippen molar-refractivity contribution in [3.05, 3.63) is 30.3 Å². The van der Waals surface area contributed by atoms with Crippen LogP contribution in [0.1, 0.15) is 0 Å². The van der Waals surface area contributed by atoms with Gasteiger partial charge < -0.3 is 19.4 Å². The van der Waals surface area contributed by atoms with E-state index >= 15 is 0 Å². The highest BCUT2D eigenvalue weighted by Gasteiger charge is 2.22. The van der Waals surface area contributed by atoms with Crippen LogP contribution in [-0.4, -0.2) is 91.1 Å². The third-order valence-corrected chi connectivity index (χ3v) is 5.44. The lowest BCUT2D eigenvalue weighted by Crippen LogP contribution is -2.47. The molecule has 0 aromatic heterocycles. The van der Waals surface area contributed by atoms with Crippen molar-refractivity contribution in [2.75, 3.05) is 65.3 Å². The monoisotopic (exact) mass is 362 g/mol. The quantitative estimate of drug-likeness (QED) is 0.603. The van der Waals surface area contributed by atoms with Gasteiger partial charge in [0.1, 0.15) is 0 Å². The first-order valence-corrected chi connectivity index (χ1v) is 9.76. The number of hydrogen-bond acceptors (Lipinski definition) is 5. The summed E-state index contributed by atoms with van der Waals surface area (Å²) in [7, 11) is 2.14. The first kappa shape index (κ1) is 18.2. The number of carbonyl (C=O) groups is 1. The molecule has 2 saturated heterocycles. The van der Waals surface area contributed by atoms with Gasteiger partial charge in [0.05, 0.1) is 24.7 Å². The van der Waals surface area contributed by atoms with Gasteiger partial charge in [0.25, 0.3) is 0 Å². The number of nitrogens with zero attached hydrogens (tertiary/aromatic N) is 4. The molecule has 0 unspecified atom stereocenters. The maximum absolute atomic E-state index is 12.5. The van der Waals surface area contributed by atoms with Gasteiger partial charge in [0.2, 0.25) is 5.91 Å². The Bertz CT molecular complexity index is 582. The summed E-state index contributed by atoms with van der Waals surface area (Å²) in [4.78, 5) is 23.8. The molecule has 0 N–H and O–H groups in total. The van der Waals surface area contributed by atoms with E-state index in [2.05, 4.69) is 16.8 Å². The summed E-state index contributed by atoms with van der Waals surface area (Å²) in [6.45, 7) is 6.59. The van der Waals surface area contributed by atoms with Crippen LogP contribution in [0.15, 0.2) is 35.3 Å². The molecule has 7 heteroatoms. The SMILES string of the molecule is CN1CCN(C(=Nc2ccccc2)SCC(=O)N2CCOCC2)CC1. The smallest absolute Gasteiger partial charge is 0.233 e. The molecule has 2 fully saturated rings. The molecule has 2 aliphatic heterocycles. The molecule has 0 spiro atoms. The summed E-state index contributed by atoms with van der Waals surface area (Å²) in [5.74, 6) is 0.598. The summed E-state index contributed by atoms with van der Waals surface area (Å²) in [6, 6.07) is 9.97. The van der Waals surface area contributed by atoms with Crippen molar-refractivity contribution in [1.82, 2.24) is 14.7 Å². The lowest BCUT2D eigenvalue weighted by atomic mass is 10.3. The highest BCUT2D eigenvalue weighted by Crippen LogP contribution is 2.19. The fourth-order valence-corrected chi connectivity index (χ4v) is 3.81. The number of hydrogen-bond donors (Lipinski definition) is 0. The lowest BCUT2D eigenvalue weighted by molar-refractivity contribution is -0.132. The summed E-state index contributed by atoms with van der Waals surface area (Å²) >= 11 is 1.55. The van der Waals surface area contributed by atoms with E-state index in [9.17, 15) is 4.79 Å². The van der Waals surface area contributed by atoms with E-state index in [4.69, 9.17) is 9.73 Å². The predicted molar refractivity (Wildman–Crippen MR) is 102 cm³/mol. The molecule has 1 amide bonds. The summed E-state index contributed by atoms with van der Waals surface area (Å²) in [5, 5.41) is 0.945. The van der Waals surface area contributed by atoms with Crippen molar-refractivity contribution in [3.8, 4) is 0 Å². The van der Waals surface area contributed by atoms with Crippen LogP contribution >= 0.6 is 11.8 Å². The van der Waals surface area contributed by atoms with Crippen LogP contribution in [0.4, 0.5) is 5.69 Å². The van der Waals surface area contributed by atoms with E-state index < -0.39 is 0 Å². The summed E-state index contributed by atoms with van der Waals surface area (Å²) in [5.41, 5.74) is 0.933. The van der Waals surface area contributed by atoms with Gasteiger partial charge in [-0.2, -0.15) is 0 Å². The molecular formula is C18H26N4O2S. The number of amidine groups is 1. The normalized spacial score (nSPS) is 20.0. The molecule has 0 saturated carbocycles. The van der Waals surface area contributed by atoms with Crippen LogP contribution in [0.3, 0.4) is 0 Å². The van der Waals surface area contributed by atoms with Gasteiger partial charge in [-0.25, -0.2) is 4.99 Å². The second-order valence-electron chi connectivity index (χ2n) is 6.30. The van der Waals surface area contributed by atoms with Crippen molar-refractivity contribution in [3.63, 3.8) is 0 Å². The van der Waals surface area contributed by atoms with E-state index in [-0.39, 0.29) is 5.91 Å². The van der Waals surface area contributed by atoms with Crippen LogP contribution in [0.2, 0.25) is 0 Å². The van der Waals surface area contributed by atoms with Gasteiger partial charge in [-0.3, -0.25) is 4.79 Å². The first-order chi connectivity index (χ1) is 12.2. The topological polar surface area (TPSA) is 48.4 Å². The number of likely N-dealkylation sites (N-methyl/N-ethyl adjacent to an activating group) is 1. The average molecular weight is 362 g/mol. The minimum Gasteiger partial charge on any atom is -0.378 e. The second kappa shape index (κ2) is 9.22. The first-order valence-electron chi connectivity index (χ1n) is 8.78. The number of ether oxygens (including phenoxy) is 1. The number of carbonyl (C=O) groups excluding carboxylic acids is 1. The zero-order valence-corrected chi connectivity index (χ0v) is 15.6. The highest BCUT2D eigenvalue weighted by molar-refractivity contribution is 8.14. The minimum absolute atomic E-state index is 0.170. The second-order valence-corrected chi connectivity index (χ2v) is 7.24. The molecule has 1 aromatic carbocycles. The molecule has 0 atom stereocenters. The van der Waals surface area contributed by atoms with Gasteiger partial charge in [-0.1, -0.05) is 30.0 Å². The lowest BCUT2D eigenvalue weighted by Gasteiger charge is -2.34. The molecule has 0 bridgehead atoms. The largest absolute Gasteiger partial charge is 0.378 e. The Labute approximate surface area is 153 Å². The van der Waals surface area contributed by atoms with Gasteiger partial charge in [0, 0.05) is 39.3 Å². The van der Waals surface area contributed by atoms with Crippen LogP contribution < -0.4 is 0 Å². The number of aliphatic imine (C=N–C) groups is 1. The molecule has 3 rings (SSSR count). The average Bonchev–Trinajstić information content (AvgIpc) is 2.67. The van der Waals surface area contributed by atoms with Crippen LogP contribution in [0.5, 0.6) is 0 Å². The predicted octanol–water partition coefficient (Wildman–Crippen LogP) is 1.51. The van der Waals surface area contributed by atoms with Crippen LogP contribution in [0, 0.1) is 0 Å². The molecule has 0 aliphatic carbocycles. The molecule has 136 valence electrons. The number of amides is 1. The fraction of sp³-hybridized carbons (Fsp3) is 0.556. The zero-order chi connectivity index (χ0) is 17.5. The molecule has 1 aromatic rings. The molecule has 2 heterocycles. The Kier molecular flexibility index (Phi) is 6.72. The molecule has 25 heavy (non-hydrogen) atoms. The Balaban J connectivity index is 1.65. The number of morpholine rings is 1. The van der Waals surface area contributed by atoms with E-state index in [0.29, 0.717) is 32.1 Å². The van der Waals surface area contributed by atoms with E-state index in [1.165, 1.54) is 0 Å². The van der Waals surface area contributed by atoms with Crippen molar-refractivity contribution >= 4 is 28.5 Å². The third-order valence-electron chi connectivity index (χ3n) is 4.44. The number of benzene rings is 1. The van der Waals surface area contributed by atoms with E-state index in [1.54, 1.807) is 11.8 Å².